The smallest absolute Gasteiger partial charge is 0.379 e. The van der Waals surface area contributed by atoms with Gasteiger partial charge in [-0.15, -0.1) is 0 Å². The van der Waals surface area contributed by atoms with Crippen molar-refractivity contribution in [3.8, 4) is 0 Å². The fraction of sp³-hybridized carbons (Fsp3) is 0.577. The molecule has 0 spiro atoms. The van der Waals surface area contributed by atoms with Crippen LogP contribution in [0.1, 0.15) is 50.6 Å². The number of thiocarbonyl (C=S) groups is 1. The van der Waals surface area contributed by atoms with Gasteiger partial charge in [0.2, 0.25) is 11.5 Å². The van der Waals surface area contributed by atoms with E-state index in [1.54, 1.807) is 0 Å². The summed E-state index contributed by atoms with van der Waals surface area (Å²) in [6.07, 6.45) is 0.616. The van der Waals surface area contributed by atoms with Gasteiger partial charge in [-0.25, -0.2) is 13.6 Å². The molecular formula is C26H28F2O6S. The summed E-state index contributed by atoms with van der Waals surface area (Å²) < 4.78 is 43.3. The molecule has 1 aromatic rings. The van der Waals surface area contributed by atoms with Crippen LogP contribution < -0.4 is 0 Å². The molecule has 0 amide bonds. The molecule has 0 saturated heterocycles. The number of allylic oxidation sites excluding steroid dienone is 3. The Hall–Kier alpha value is -2.39. The van der Waals surface area contributed by atoms with E-state index >= 15 is 8.78 Å². The number of halogens is 2. The predicted octanol–water partition coefficient (Wildman–Crippen LogP) is 4.83. The second-order valence-electron chi connectivity index (χ2n) is 11.0. The monoisotopic (exact) mass is 506 g/mol. The number of esters is 1. The van der Waals surface area contributed by atoms with Crippen LogP contribution in [-0.2, 0) is 9.53 Å². The van der Waals surface area contributed by atoms with Crippen LogP contribution in [-0.4, -0.2) is 45.0 Å². The maximum absolute atomic E-state index is 17.4. The molecule has 188 valence electrons. The Balaban J connectivity index is 1.58. The zero-order valence-corrected chi connectivity index (χ0v) is 20.5. The highest BCUT2D eigenvalue weighted by molar-refractivity contribution is 7.80. The number of hydrogen-bond acceptors (Lipinski definition) is 6. The van der Waals surface area contributed by atoms with Crippen molar-refractivity contribution >= 4 is 29.0 Å². The standard InChI is InChI=1S/C26H28F2O6S/c1-12-7-13-14-8-16(27)15-9-17(29)19(34-22(31)18-5-4-6-33-18)10-25(15,3)26(14,28)20(30)11-24(13,2)21(12)23(32)35/h4-6,9-10,12-14,16,20-21,30H,7-8,11H2,1-3H3,(H,32,35)/t12-,13+,14-,16+,20+,21+,24+,25+,26+/m1/s1. The van der Waals surface area contributed by atoms with Crippen LogP contribution in [0.15, 0.2) is 46.3 Å². The summed E-state index contributed by atoms with van der Waals surface area (Å²) in [7, 11) is 0. The summed E-state index contributed by atoms with van der Waals surface area (Å²) in [6.45, 7) is 5.26. The van der Waals surface area contributed by atoms with E-state index in [0.29, 0.717) is 6.42 Å². The fourth-order valence-corrected chi connectivity index (χ4v) is 8.29. The molecule has 9 heteroatoms. The van der Waals surface area contributed by atoms with Crippen molar-refractivity contribution in [3.05, 3.63) is 47.6 Å². The first-order chi connectivity index (χ1) is 16.3. The normalized spacial score (nSPS) is 44.5. The first kappa shape index (κ1) is 24.3. The van der Waals surface area contributed by atoms with Gasteiger partial charge in [0.25, 0.3) is 0 Å². The van der Waals surface area contributed by atoms with Gasteiger partial charge >= 0.3 is 5.97 Å². The molecule has 3 fully saturated rings. The Bertz CT molecular complexity index is 1160. The summed E-state index contributed by atoms with van der Waals surface area (Å²) in [6, 6.07) is 2.84. The molecule has 1 aromatic heterocycles. The molecule has 35 heavy (non-hydrogen) atoms. The van der Waals surface area contributed by atoms with Crippen LogP contribution >= 0.6 is 12.2 Å². The summed E-state index contributed by atoms with van der Waals surface area (Å²) >= 11 is 5.12. The first-order valence-corrected chi connectivity index (χ1v) is 12.2. The first-order valence-electron chi connectivity index (χ1n) is 11.8. The van der Waals surface area contributed by atoms with Gasteiger partial charge in [-0.1, -0.05) is 13.8 Å². The summed E-state index contributed by atoms with van der Waals surface area (Å²) in [5.74, 6) is -3.99. The van der Waals surface area contributed by atoms with E-state index in [0.717, 1.165) is 12.2 Å². The molecule has 0 aromatic carbocycles. The highest BCUT2D eigenvalue weighted by Gasteiger charge is 2.73. The van der Waals surface area contributed by atoms with E-state index in [2.05, 4.69) is 0 Å². The minimum absolute atomic E-state index is 0.0174. The van der Waals surface area contributed by atoms with Gasteiger partial charge in [-0.3, -0.25) is 4.79 Å². The predicted molar refractivity (Wildman–Crippen MR) is 125 cm³/mol. The number of carbonyl (C=O) groups is 2. The second-order valence-corrected chi connectivity index (χ2v) is 11.4. The Labute approximate surface area is 207 Å². The number of hydrogen-bond donors (Lipinski definition) is 2. The average molecular weight is 507 g/mol. The third-order valence-electron chi connectivity index (χ3n) is 9.23. The van der Waals surface area contributed by atoms with Crippen molar-refractivity contribution in [2.24, 2.45) is 34.5 Å². The highest BCUT2D eigenvalue weighted by atomic mass is 32.1. The molecule has 5 rings (SSSR count). The minimum Gasteiger partial charge on any atom is -0.502 e. The number of ketones is 1. The minimum atomic E-state index is -2.33. The lowest BCUT2D eigenvalue weighted by Gasteiger charge is -2.62. The molecule has 4 aliphatic carbocycles. The summed E-state index contributed by atoms with van der Waals surface area (Å²) in [5, 5.41) is 21.4. The molecule has 0 unspecified atom stereocenters. The van der Waals surface area contributed by atoms with Gasteiger partial charge in [0, 0.05) is 11.8 Å². The van der Waals surface area contributed by atoms with Crippen LogP contribution in [0.5, 0.6) is 0 Å². The number of furan rings is 1. The van der Waals surface area contributed by atoms with E-state index in [-0.39, 0.29) is 41.1 Å². The van der Waals surface area contributed by atoms with Crippen LogP contribution in [0, 0.1) is 34.5 Å². The molecule has 0 bridgehead atoms. The molecule has 3 saturated carbocycles. The number of ether oxygens (including phenoxy) is 1. The van der Waals surface area contributed by atoms with Gasteiger partial charge < -0.3 is 19.4 Å². The molecular weight excluding hydrogens is 478 g/mol. The Kier molecular flexibility index (Phi) is 5.42. The van der Waals surface area contributed by atoms with Crippen LogP contribution in [0.4, 0.5) is 8.78 Å². The van der Waals surface area contributed by atoms with Gasteiger partial charge in [0.05, 0.1) is 17.8 Å². The van der Waals surface area contributed by atoms with E-state index < -0.39 is 58.1 Å². The van der Waals surface area contributed by atoms with E-state index in [9.17, 15) is 19.8 Å². The number of fused-ring (bicyclic) bond motifs is 5. The lowest BCUT2D eigenvalue weighted by Crippen LogP contribution is -2.68. The number of aliphatic hydroxyl groups is 2. The van der Waals surface area contributed by atoms with Crippen molar-refractivity contribution in [2.75, 3.05) is 0 Å². The molecule has 2 N–H and O–H groups in total. The number of alkyl halides is 2. The Morgan fingerprint density at radius 3 is 2.63 bits per heavy atom. The molecule has 6 nitrogen and oxygen atoms in total. The maximum atomic E-state index is 17.4. The molecule has 9 atom stereocenters. The van der Waals surface area contributed by atoms with Crippen molar-refractivity contribution in [1.82, 2.24) is 0 Å². The van der Waals surface area contributed by atoms with Gasteiger partial charge in [-0.05, 0) is 85.5 Å². The van der Waals surface area contributed by atoms with Gasteiger partial charge in [0.15, 0.2) is 16.5 Å². The van der Waals surface area contributed by atoms with Gasteiger partial charge in [0.1, 0.15) is 6.17 Å². The summed E-state index contributed by atoms with van der Waals surface area (Å²) in [5.41, 5.74) is -4.84. The average Bonchev–Trinajstić information content (AvgIpc) is 3.38. The third-order valence-corrected chi connectivity index (χ3v) is 9.48. The number of aliphatic hydroxyl groups excluding tert-OH is 2. The largest absolute Gasteiger partial charge is 0.502 e. The van der Waals surface area contributed by atoms with Crippen molar-refractivity contribution < 1.29 is 37.7 Å². The molecule has 0 aliphatic heterocycles. The topological polar surface area (TPSA) is 97.0 Å². The number of rotatable bonds is 3. The van der Waals surface area contributed by atoms with Crippen LogP contribution in [0.2, 0.25) is 0 Å². The van der Waals surface area contributed by atoms with E-state index in [4.69, 9.17) is 21.4 Å². The van der Waals surface area contributed by atoms with E-state index in [1.165, 1.54) is 25.3 Å². The molecule has 4 aliphatic rings. The molecule has 1 heterocycles. The maximum Gasteiger partial charge on any atom is 0.379 e. The van der Waals surface area contributed by atoms with Crippen molar-refractivity contribution in [3.63, 3.8) is 0 Å². The Morgan fingerprint density at radius 1 is 1.29 bits per heavy atom. The second kappa shape index (κ2) is 7.80. The fourth-order valence-electron chi connectivity index (χ4n) is 7.79. The van der Waals surface area contributed by atoms with Crippen molar-refractivity contribution in [1.29, 1.82) is 0 Å². The zero-order chi connectivity index (χ0) is 25.5. The zero-order valence-electron chi connectivity index (χ0n) is 19.7. The lowest BCUT2D eigenvalue weighted by atomic mass is 9.45. The third kappa shape index (κ3) is 3.16. The van der Waals surface area contributed by atoms with Crippen molar-refractivity contribution in [2.45, 2.75) is 58.0 Å². The highest BCUT2D eigenvalue weighted by Crippen LogP contribution is 2.70. The van der Waals surface area contributed by atoms with Crippen LogP contribution in [0.25, 0.3) is 0 Å². The number of carbonyl (C=O) groups excluding carboxylic acids is 2. The lowest BCUT2D eigenvalue weighted by molar-refractivity contribution is -0.199. The SMILES string of the molecule is C[C@@H]1C[C@H]2[C@H]3C[C@H](F)C4=CC(=O)C(OC(=O)c5ccco5)=C[C@]4(C)[C@@]3(F)[C@@H](O)C[C@]2(C)[C@@H]1C(O)=S. The summed E-state index contributed by atoms with van der Waals surface area (Å²) in [4.78, 5) is 25.2. The Morgan fingerprint density at radius 2 is 2.00 bits per heavy atom. The molecule has 0 radical (unpaired) electrons. The quantitative estimate of drug-likeness (QED) is 0.448. The van der Waals surface area contributed by atoms with E-state index in [1.807, 2.05) is 13.8 Å². The van der Waals surface area contributed by atoms with Gasteiger partial charge in [-0.2, -0.15) is 0 Å². The van der Waals surface area contributed by atoms with Crippen LogP contribution in [0.3, 0.4) is 0 Å².